The van der Waals surface area contributed by atoms with Gasteiger partial charge in [0, 0.05) is 40.1 Å². The molecule has 2 nitrogen and oxygen atoms in total. The van der Waals surface area contributed by atoms with Crippen LogP contribution in [0.1, 0.15) is 25.7 Å². The van der Waals surface area contributed by atoms with Gasteiger partial charge in [0.05, 0.1) is 12.1 Å². The Bertz CT molecular complexity index is 104. The smallest absolute Gasteiger partial charge is 0.0621 e. The summed E-state index contributed by atoms with van der Waals surface area (Å²) in [7, 11) is 0. The first-order valence-electron chi connectivity index (χ1n) is 2.65. The molecule has 4 radical (unpaired) electrons. The molecule has 0 fully saturated rings. The third kappa shape index (κ3) is 11.5. The van der Waals surface area contributed by atoms with Crippen LogP contribution in [0.4, 0.5) is 0 Å². The fraction of sp³-hybridized carbons (Fsp3) is 0.667. The normalized spacial score (nSPS) is 6.44. The molecule has 3 heteroatoms. The van der Waals surface area contributed by atoms with E-state index in [1.165, 1.54) is 0 Å². The molecule has 0 aliphatic carbocycles. The van der Waals surface area contributed by atoms with Gasteiger partial charge in [-0.3, -0.25) is 0 Å². The van der Waals surface area contributed by atoms with E-state index in [9.17, 15) is 0 Å². The monoisotopic (exact) mass is 316 g/mol. The van der Waals surface area contributed by atoms with Crippen molar-refractivity contribution in [2.45, 2.75) is 25.7 Å². The van der Waals surface area contributed by atoms with Gasteiger partial charge in [-0.1, -0.05) is 0 Å². The van der Waals surface area contributed by atoms with Crippen molar-refractivity contribution in [1.29, 1.82) is 10.5 Å². The second-order valence-corrected chi connectivity index (χ2v) is 1.52. The molecule has 0 saturated carbocycles. The SMILES string of the molecule is N#CCCCCC#N.[Pb]. The quantitative estimate of drug-likeness (QED) is 0.581. The van der Waals surface area contributed by atoms with Gasteiger partial charge in [-0.2, -0.15) is 10.5 Å². The summed E-state index contributed by atoms with van der Waals surface area (Å²) in [6, 6.07) is 4.03. The van der Waals surface area contributed by atoms with Crippen LogP contribution in [0.2, 0.25) is 0 Å². The second kappa shape index (κ2) is 10.8. The molecule has 46 valence electrons. The number of hydrogen-bond acceptors (Lipinski definition) is 2. The van der Waals surface area contributed by atoms with Crippen molar-refractivity contribution in [2.24, 2.45) is 0 Å². The minimum Gasteiger partial charge on any atom is -0.198 e. The number of nitriles is 2. The average Bonchev–Trinajstić information content (AvgIpc) is 1.81. The zero-order valence-corrected chi connectivity index (χ0v) is 9.11. The van der Waals surface area contributed by atoms with E-state index < -0.39 is 0 Å². The Balaban J connectivity index is 0. The van der Waals surface area contributed by atoms with Gasteiger partial charge >= 0.3 is 0 Å². The van der Waals surface area contributed by atoms with Crippen molar-refractivity contribution in [2.75, 3.05) is 0 Å². The van der Waals surface area contributed by atoms with E-state index in [2.05, 4.69) is 0 Å². The summed E-state index contributed by atoms with van der Waals surface area (Å²) >= 11 is 0. The van der Waals surface area contributed by atoms with Crippen LogP contribution in [0.3, 0.4) is 0 Å². The van der Waals surface area contributed by atoms with E-state index in [4.69, 9.17) is 10.5 Å². The van der Waals surface area contributed by atoms with Crippen LogP contribution in [0.25, 0.3) is 0 Å². The van der Waals surface area contributed by atoms with E-state index in [1.807, 2.05) is 12.1 Å². The van der Waals surface area contributed by atoms with E-state index >= 15 is 0 Å². The molecule has 0 aromatic carbocycles. The summed E-state index contributed by atoms with van der Waals surface area (Å²) in [5.74, 6) is 0. The van der Waals surface area contributed by atoms with Gasteiger partial charge in [-0.15, -0.1) is 0 Å². The van der Waals surface area contributed by atoms with Crippen molar-refractivity contribution in [3.05, 3.63) is 0 Å². The molecular formula is C6H8N2Pb. The molecule has 9 heavy (non-hydrogen) atoms. The van der Waals surface area contributed by atoms with Crippen LogP contribution in [-0.2, 0) is 0 Å². The zero-order chi connectivity index (χ0) is 6.24. The maximum Gasteiger partial charge on any atom is 0.0621 e. The Hall–Kier alpha value is -0.0979. The van der Waals surface area contributed by atoms with Gasteiger partial charge in [0.15, 0.2) is 0 Å². The van der Waals surface area contributed by atoms with Crippen LogP contribution in [0, 0.1) is 22.7 Å². The third-order valence-corrected chi connectivity index (χ3v) is 0.827. The first-order valence-corrected chi connectivity index (χ1v) is 2.65. The molecule has 0 N–H and O–H groups in total. The van der Waals surface area contributed by atoms with E-state index in [-0.39, 0.29) is 27.3 Å². The van der Waals surface area contributed by atoms with Crippen LogP contribution >= 0.6 is 0 Å². The van der Waals surface area contributed by atoms with Gasteiger partial charge < -0.3 is 0 Å². The van der Waals surface area contributed by atoms with Crippen LogP contribution in [0.5, 0.6) is 0 Å². The Kier molecular flexibility index (Phi) is 14.0. The van der Waals surface area contributed by atoms with Crippen molar-refractivity contribution in [3.63, 3.8) is 0 Å². The largest absolute Gasteiger partial charge is 0.198 e. The predicted octanol–water partition coefficient (Wildman–Crippen LogP) is 1.21. The second-order valence-electron chi connectivity index (χ2n) is 1.52. The molecule has 0 unspecified atom stereocenters. The van der Waals surface area contributed by atoms with Gasteiger partial charge in [0.25, 0.3) is 0 Å². The topological polar surface area (TPSA) is 47.6 Å². The van der Waals surface area contributed by atoms with Crippen molar-refractivity contribution in [1.82, 2.24) is 0 Å². The van der Waals surface area contributed by atoms with Gasteiger partial charge in [-0.05, 0) is 12.8 Å². The molecule has 0 bridgehead atoms. The van der Waals surface area contributed by atoms with E-state index in [0.29, 0.717) is 12.8 Å². The Morgan fingerprint density at radius 1 is 0.889 bits per heavy atom. The molecule has 0 spiro atoms. The minimum absolute atomic E-state index is 0. The van der Waals surface area contributed by atoms with Gasteiger partial charge in [0.2, 0.25) is 0 Å². The standard InChI is InChI=1S/C6H8N2.Pb/c7-5-3-1-2-4-6-8;/h1-4H2;. The summed E-state index contributed by atoms with van der Waals surface area (Å²) in [6.07, 6.45) is 2.90. The maximum absolute atomic E-state index is 8.03. The van der Waals surface area contributed by atoms with E-state index in [0.717, 1.165) is 12.8 Å². The molecule has 0 saturated heterocycles. The molecule has 0 aromatic heterocycles. The average molecular weight is 315 g/mol. The van der Waals surface area contributed by atoms with Crippen LogP contribution in [0.15, 0.2) is 0 Å². The molecule has 0 atom stereocenters. The molecule has 0 rings (SSSR count). The number of unbranched alkanes of at least 4 members (excludes halogenated alkanes) is 3. The first kappa shape index (κ1) is 11.7. The summed E-state index contributed by atoms with van der Waals surface area (Å²) in [6.45, 7) is 0. The van der Waals surface area contributed by atoms with Crippen LogP contribution < -0.4 is 0 Å². The molecule has 0 amide bonds. The predicted molar refractivity (Wildman–Crippen MR) is 35.4 cm³/mol. The van der Waals surface area contributed by atoms with E-state index in [1.54, 1.807) is 0 Å². The Morgan fingerprint density at radius 2 is 1.22 bits per heavy atom. The summed E-state index contributed by atoms with van der Waals surface area (Å²) in [5.41, 5.74) is 0. The molecule has 0 aromatic rings. The zero-order valence-electron chi connectivity index (χ0n) is 5.22. The minimum atomic E-state index is 0. The Labute approximate surface area is 75.6 Å². The molecule has 0 aliphatic heterocycles. The van der Waals surface area contributed by atoms with Crippen molar-refractivity contribution in [3.8, 4) is 12.1 Å². The summed E-state index contributed by atoms with van der Waals surface area (Å²) in [4.78, 5) is 0. The number of nitrogens with zero attached hydrogens (tertiary/aromatic N) is 2. The third-order valence-electron chi connectivity index (χ3n) is 0.827. The van der Waals surface area contributed by atoms with Gasteiger partial charge in [-0.25, -0.2) is 0 Å². The molecular weight excluding hydrogens is 307 g/mol. The van der Waals surface area contributed by atoms with Crippen LogP contribution in [-0.4, -0.2) is 27.3 Å². The number of hydrogen-bond donors (Lipinski definition) is 0. The fourth-order valence-corrected chi connectivity index (χ4v) is 0.408. The van der Waals surface area contributed by atoms with Gasteiger partial charge in [0.1, 0.15) is 0 Å². The molecule has 0 aliphatic rings. The number of rotatable bonds is 3. The maximum atomic E-state index is 8.03. The van der Waals surface area contributed by atoms with Crippen molar-refractivity contribution < 1.29 is 0 Å². The Morgan fingerprint density at radius 3 is 1.44 bits per heavy atom. The first-order chi connectivity index (χ1) is 3.91. The summed E-state index contributed by atoms with van der Waals surface area (Å²) in [5, 5.41) is 16.1. The summed E-state index contributed by atoms with van der Waals surface area (Å²) < 4.78 is 0. The fourth-order valence-electron chi connectivity index (χ4n) is 0.408. The van der Waals surface area contributed by atoms with Crippen molar-refractivity contribution >= 4 is 27.3 Å². The molecule has 0 heterocycles.